The van der Waals surface area contributed by atoms with E-state index in [4.69, 9.17) is 4.74 Å². The molecule has 0 spiro atoms. The van der Waals surface area contributed by atoms with Gasteiger partial charge in [0.2, 0.25) is 0 Å². The third-order valence-corrected chi connectivity index (χ3v) is 2.92. The molecular weight excluding hydrogens is 255 g/mol. The summed E-state index contributed by atoms with van der Waals surface area (Å²) in [7, 11) is 0. The second kappa shape index (κ2) is 5.87. The number of benzene rings is 2. The van der Waals surface area contributed by atoms with E-state index in [1.165, 1.54) is 6.07 Å². The molecule has 2 nitrogen and oxygen atoms in total. The highest BCUT2D eigenvalue weighted by Gasteiger charge is 2.15. The van der Waals surface area contributed by atoms with E-state index in [0.717, 1.165) is 0 Å². The summed E-state index contributed by atoms with van der Waals surface area (Å²) in [6, 6.07) is 11.6. The minimum absolute atomic E-state index is 0.0748. The van der Waals surface area contributed by atoms with Crippen LogP contribution in [0.15, 0.2) is 42.5 Å². The molecule has 0 bridgehead atoms. The van der Waals surface area contributed by atoms with Gasteiger partial charge in [0.25, 0.3) is 0 Å². The Kier molecular flexibility index (Phi) is 4.18. The average Bonchev–Trinajstić information content (AvgIpc) is 2.41. The van der Waals surface area contributed by atoms with Crippen LogP contribution in [0.3, 0.4) is 0 Å². The molecule has 0 aliphatic rings. The molecule has 3 heteroatoms. The molecule has 2 aromatic rings. The molecular formula is C17H17FO2. The van der Waals surface area contributed by atoms with E-state index in [9.17, 15) is 9.18 Å². The standard InChI is InChI=1S/C17H17FO2/c1-11(2)20-14-9-7-13(8-10-14)17(19)15-6-4-5-12(3)16(15)18/h4-11H,1-3H3. The number of rotatable bonds is 4. The molecule has 0 N–H and O–H groups in total. The van der Waals surface area contributed by atoms with Gasteiger partial charge in [-0.3, -0.25) is 4.79 Å². The number of hydrogen-bond acceptors (Lipinski definition) is 2. The number of ketones is 1. The summed E-state index contributed by atoms with van der Waals surface area (Å²) in [6.45, 7) is 5.51. The summed E-state index contributed by atoms with van der Waals surface area (Å²) < 4.78 is 19.5. The van der Waals surface area contributed by atoms with Crippen LogP contribution in [-0.2, 0) is 0 Å². The summed E-state index contributed by atoms with van der Waals surface area (Å²) in [4.78, 5) is 12.3. The van der Waals surface area contributed by atoms with Gasteiger partial charge in [0.05, 0.1) is 11.7 Å². The lowest BCUT2D eigenvalue weighted by atomic mass is 10.0. The maximum atomic E-state index is 13.9. The van der Waals surface area contributed by atoms with Gasteiger partial charge in [0, 0.05) is 5.56 Å². The van der Waals surface area contributed by atoms with Crippen LogP contribution in [-0.4, -0.2) is 11.9 Å². The third-order valence-electron chi connectivity index (χ3n) is 2.92. The molecule has 0 unspecified atom stereocenters. The molecule has 104 valence electrons. The minimum Gasteiger partial charge on any atom is -0.491 e. The number of halogens is 1. The van der Waals surface area contributed by atoms with Gasteiger partial charge in [-0.05, 0) is 56.7 Å². The molecule has 20 heavy (non-hydrogen) atoms. The zero-order chi connectivity index (χ0) is 14.7. The highest BCUT2D eigenvalue weighted by Crippen LogP contribution is 2.19. The van der Waals surface area contributed by atoms with Crippen molar-refractivity contribution in [3.63, 3.8) is 0 Å². The highest BCUT2D eigenvalue weighted by molar-refractivity contribution is 6.09. The fourth-order valence-electron chi connectivity index (χ4n) is 1.94. The molecule has 0 saturated heterocycles. The van der Waals surface area contributed by atoms with Crippen LogP contribution in [0, 0.1) is 12.7 Å². The van der Waals surface area contributed by atoms with Crippen molar-refractivity contribution in [1.29, 1.82) is 0 Å². The smallest absolute Gasteiger partial charge is 0.195 e. The molecule has 0 saturated carbocycles. The first-order valence-corrected chi connectivity index (χ1v) is 6.55. The van der Waals surface area contributed by atoms with Crippen molar-refractivity contribution in [1.82, 2.24) is 0 Å². The molecule has 0 radical (unpaired) electrons. The van der Waals surface area contributed by atoms with Crippen molar-refractivity contribution in [3.05, 3.63) is 65.0 Å². The molecule has 0 aromatic heterocycles. The van der Waals surface area contributed by atoms with Crippen LogP contribution in [0.2, 0.25) is 0 Å². The van der Waals surface area contributed by atoms with Crippen molar-refractivity contribution in [2.24, 2.45) is 0 Å². The Balaban J connectivity index is 2.27. The number of carbonyl (C=O) groups excluding carboxylic acids is 1. The largest absolute Gasteiger partial charge is 0.491 e. The number of hydrogen-bond donors (Lipinski definition) is 0. The van der Waals surface area contributed by atoms with E-state index in [1.807, 2.05) is 13.8 Å². The number of aryl methyl sites for hydroxylation is 1. The van der Waals surface area contributed by atoms with Gasteiger partial charge in [0.15, 0.2) is 5.78 Å². The summed E-state index contributed by atoms with van der Waals surface area (Å²) in [5, 5.41) is 0. The number of carbonyl (C=O) groups is 1. The molecule has 0 aliphatic heterocycles. The van der Waals surface area contributed by atoms with E-state index < -0.39 is 5.82 Å². The minimum atomic E-state index is -0.458. The summed E-state index contributed by atoms with van der Waals surface area (Å²) >= 11 is 0. The third kappa shape index (κ3) is 3.05. The SMILES string of the molecule is Cc1cccc(C(=O)c2ccc(OC(C)C)cc2)c1F. The monoisotopic (exact) mass is 272 g/mol. The fraction of sp³-hybridized carbons (Fsp3) is 0.235. The Morgan fingerprint density at radius 1 is 1.10 bits per heavy atom. The van der Waals surface area contributed by atoms with Gasteiger partial charge in [-0.25, -0.2) is 4.39 Å². The summed E-state index contributed by atoms with van der Waals surface area (Å²) in [5.41, 5.74) is 1.02. The Labute approximate surface area is 118 Å². The Bertz CT molecular complexity index is 615. The lowest BCUT2D eigenvalue weighted by Crippen LogP contribution is -2.07. The van der Waals surface area contributed by atoms with Crippen molar-refractivity contribution >= 4 is 5.78 Å². The molecule has 2 rings (SSSR count). The molecule has 0 amide bonds. The van der Waals surface area contributed by atoms with Gasteiger partial charge in [-0.15, -0.1) is 0 Å². The predicted octanol–water partition coefficient (Wildman–Crippen LogP) is 4.15. The molecule has 0 heterocycles. The highest BCUT2D eigenvalue weighted by atomic mass is 19.1. The van der Waals surface area contributed by atoms with Gasteiger partial charge >= 0.3 is 0 Å². The first-order chi connectivity index (χ1) is 9.49. The van der Waals surface area contributed by atoms with Crippen LogP contribution in [0.1, 0.15) is 35.3 Å². The molecule has 2 aromatic carbocycles. The average molecular weight is 272 g/mol. The second-order valence-corrected chi connectivity index (χ2v) is 4.96. The topological polar surface area (TPSA) is 26.3 Å². The van der Waals surface area contributed by atoms with Crippen molar-refractivity contribution in [2.75, 3.05) is 0 Å². The normalized spacial score (nSPS) is 10.7. The van der Waals surface area contributed by atoms with Crippen molar-refractivity contribution in [3.8, 4) is 5.75 Å². The lowest BCUT2D eigenvalue weighted by molar-refractivity contribution is 0.103. The van der Waals surface area contributed by atoms with Gasteiger partial charge in [-0.1, -0.05) is 12.1 Å². The quantitative estimate of drug-likeness (QED) is 0.781. The van der Waals surface area contributed by atoms with Gasteiger partial charge in [-0.2, -0.15) is 0 Å². The number of ether oxygens (including phenoxy) is 1. The van der Waals surface area contributed by atoms with Crippen LogP contribution >= 0.6 is 0 Å². The van der Waals surface area contributed by atoms with Crippen LogP contribution in [0.4, 0.5) is 4.39 Å². The van der Waals surface area contributed by atoms with Gasteiger partial charge in [0.1, 0.15) is 11.6 Å². The van der Waals surface area contributed by atoms with E-state index in [1.54, 1.807) is 43.3 Å². The Morgan fingerprint density at radius 2 is 1.75 bits per heavy atom. The maximum Gasteiger partial charge on any atom is 0.195 e. The molecule has 0 aliphatic carbocycles. The summed E-state index contributed by atoms with van der Waals surface area (Å²) in [5.74, 6) is -0.0800. The van der Waals surface area contributed by atoms with Crippen LogP contribution < -0.4 is 4.74 Å². The summed E-state index contributed by atoms with van der Waals surface area (Å²) in [6.07, 6.45) is 0.0748. The maximum absolute atomic E-state index is 13.9. The Hall–Kier alpha value is -2.16. The predicted molar refractivity (Wildman–Crippen MR) is 76.8 cm³/mol. The first kappa shape index (κ1) is 14.3. The van der Waals surface area contributed by atoms with Crippen molar-refractivity contribution in [2.45, 2.75) is 26.9 Å². The van der Waals surface area contributed by atoms with E-state index in [2.05, 4.69) is 0 Å². The second-order valence-electron chi connectivity index (χ2n) is 4.96. The molecule has 0 fully saturated rings. The van der Waals surface area contributed by atoms with Crippen LogP contribution in [0.5, 0.6) is 5.75 Å². The molecule has 0 atom stereocenters. The zero-order valence-corrected chi connectivity index (χ0v) is 11.8. The first-order valence-electron chi connectivity index (χ1n) is 6.55. The van der Waals surface area contributed by atoms with E-state index in [0.29, 0.717) is 16.9 Å². The van der Waals surface area contributed by atoms with Crippen LogP contribution in [0.25, 0.3) is 0 Å². The van der Waals surface area contributed by atoms with E-state index in [-0.39, 0.29) is 17.5 Å². The fourth-order valence-corrected chi connectivity index (χ4v) is 1.94. The zero-order valence-electron chi connectivity index (χ0n) is 11.8. The Morgan fingerprint density at radius 3 is 2.35 bits per heavy atom. The van der Waals surface area contributed by atoms with Crippen molar-refractivity contribution < 1.29 is 13.9 Å². The van der Waals surface area contributed by atoms with Gasteiger partial charge < -0.3 is 4.74 Å². The van der Waals surface area contributed by atoms with E-state index >= 15 is 0 Å². The lowest BCUT2D eigenvalue weighted by Gasteiger charge is -2.10.